The van der Waals surface area contributed by atoms with Gasteiger partial charge in [-0.3, -0.25) is 19.7 Å². The van der Waals surface area contributed by atoms with Gasteiger partial charge in [0.2, 0.25) is 0 Å². The van der Waals surface area contributed by atoms with Crippen LogP contribution in [-0.4, -0.2) is 22.1 Å². The highest BCUT2D eigenvalue weighted by Gasteiger charge is 2.23. The molecule has 1 atom stereocenters. The summed E-state index contributed by atoms with van der Waals surface area (Å²) in [4.78, 5) is 34.9. The van der Waals surface area contributed by atoms with Crippen LogP contribution in [0.2, 0.25) is 0 Å². The van der Waals surface area contributed by atoms with Crippen molar-refractivity contribution in [3.63, 3.8) is 0 Å². The smallest absolute Gasteiger partial charge is 0.297 e. The average Bonchev–Trinajstić information content (AvgIpc) is 2.27. The summed E-state index contributed by atoms with van der Waals surface area (Å²) in [5, 5.41) is 21.7. The van der Waals surface area contributed by atoms with Crippen molar-refractivity contribution in [2.24, 2.45) is 5.73 Å². The lowest BCUT2D eigenvalue weighted by atomic mass is 10.2. The molecule has 1 rings (SSSR count). The Labute approximate surface area is 99.6 Å². The third kappa shape index (κ3) is 3.30. The van der Waals surface area contributed by atoms with E-state index in [2.05, 4.69) is 10.2 Å². The first-order valence-electron chi connectivity index (χ1n) is 4.52. The zero-order chi connectivity index (χ0) is 13.7. The molecule has 10 nitrogen and oxygen atoms in total. The zero-order valence-electron chi connectivity index (χ0n) is 8.81. The molecular weight excluding hydrogens is 248 g/mol. The normalized spacial score (nSPS) is 11.3. The van der Waals surface area contributed by atoms with E-state index < -0.39 is 22.1 Å². The molecule has 0 aliphatic carbocycles. The molecule has 0 aliphatic heterocycles. The van der Waals surface area contributed by atoms with Crippen LogP contribution in [0.25, 0.3) is 0 Å². The molecule has 18 heavy (non-hydrogen) atoms. The Morgan fingerprint density at radius 1 is 1.33 bits per heavy atom. The highest BCUT2D eigenvalue weighted by atomic mass is 17.0. The monoisotopic (exact) mass is 256 g/mol. The number of hydrogen-bond acceptors (Lipinski definition) is 7. The highest BCUT2D eigenvalue weighted by Crippen LogP contribution is 2.23. The lowest BCUT2D eigenvalue weighted by molar-refractivity contribution is -0.762. The molecule has 0 spiro atoms. The van der Waals surface area contributed by atoms with Crippen molar-refractivity contribution in [3.8, 4) is 0 Å². The summed E-state index contributed by atoms with van der Waals surface area (Å²) in [7, 11) is 0. The topological polar surface area (TPSA) is 151 Å². The van der Waals surface area contributed by atoms with Crippen molar-refractivity contribution in [3.05, 3.63) is 44.5 Å². The Balaban J connectivity index is 2.97. The summed E-state index contributed by atoms with van der Waals surface area (Å²) < 4.78 is 0. The summed E-state index contributed by atoms with van der Waals surface area (Å²) in [6, 6.07) is 5.26. The van der Waals surface area contributed by atoms with E-state index in [0.29, 0.717) is 0 Å². The number of benzene rings is 1. The fraction of sp³-hybridized carbons (Fsp3) is 0.125. The molecule has 0 radical (unpaired) electrons. The van der Waals surface area contributed by atoms with Gasteiger partial charge >= 0.3 is 0 Å². The summed E-state index contributed by atoms with van der Waals surface area (Å²) in [6.45, 7) is 0. The Kier molecular flexibility index (Phi) is 3.97. The third-order valence-electron chi connectivity index (χ3n) is 1.84. The van der Waals surface area contributed by atoms with Crippen LogP contribution < -0.4 is 11.1 Å². The second-order valence-electron chi connectivity index (χ2n) is 3.03. The molecule has 0 aromatic heterocycles. The molecular formula is C8H8N4O6. The number of nitrogens with one attached hydrogen (secondary N) is 1. The maximum Gasteiger partial charge on any atom is 0.297 e. The van der Waals surface area contributed by atoms with E-state index in [1.165, 1.54) is 18.2 Å². The van der Waals surface area contributed by atoms with Crippen LogP contribution in [0.5, 0.6) is 0 Å². The van der Waals surface area contributed by atoms with Gasteiger partial charge in [0.15, 0.2) is 0 Å². The molecule has 96 valence electrons. The van der Waals surface area contributed by atoms with Crippen LogP contribution in [0.1, 0.15) is 0 Å². The van der Waals surface area contributed by atoms with Crippen LogP contribution >= 0.6 is 0 Å². The predicted molar refractivity (Wildman–Crippen MR) is 57.8 cm³/mol. The van der Waals surface area contributed by atoms with E-state index in [9.17, 15) is 25.0 Å². The van der Waals surface area contributed by atoms with Crippen molar-refractivity contribution < 1.29 is 19.6 Å². The van der Waals surface area contributed by atoms with Gasteiger partial charge in [-0.25, -0.2) is 0 Å². The molecule has 0 aliphatic rings. The van der Waals surface area contributed by atoms with Gasteiger partial charge in [0.25, 0.3) is 22.9 Å². The molecule has 0 heterocycles. The molecule has 1 amide bonds. The molecule has 0 fully saturated rings. The predicted octanol–water partition coefficient (Wildman–Crippen LogP) is 0.0264. The Morgan fingerprint density at radius 3 is 2.44 bits per heavy atom. The van der Waals surface area contributed by atoms with Crippen molar-refractivity contribution in [1.82, 2.24) is 0 Å². The largest absolute Gasteiger partial charge is 0.366 e. The van der Waals surface area contributed by atoms with Gasteiger partial charge in [-0.05, 0) is 6.07 Å². The first-order valence-corrected chi connectivity index (χ1v) is 4.52. The number of nitrogens with two attached hydrogens (primary N) is 1. The quantitative estimate of drug-likeness (QED) is 0.413. The van der Waals surface area contributed by atoms with Gasteiger partial charge in [0.05, 0.1) is 4.92 Å². The number of hydrogen-bond donors (Lipinski definition) is 2. The first kappa shape index (κ1) is 13.2. The van der Waals surface area contributed by atoms with Gasteiger partial charge in [-0.1, -0.05) is 12.1 Å². The van der Waals surface area contributed by atoms with Crippen molar-refractivity contribution >= 4 is 17.3 Å². The van der Waals surface area contributed by atoms with Gasteiger partial charge < -0.3 is 11.1 Å². The molecule has 0 saturated carbocycles. The maximum atomic E-state index is 10.9. The number of carbonyl (C=O) groups excluding carboxylic acids is 1. The number of rotatable bonds is 6. The van der Waals surface area contributed by atoms with E-state index in [0.717, 1.165) is 6.07 Å². The maximum absolute atomic E-state index is 10.9. The minimum atomic E-state index is -1.80. The second-order valence-corrected chi connectivity index (χ2v) is 3.03. The van der Waals surface area contributed by atoms with Crippen molar-refractivity contribution in [2.75, 3.05) is 5.32 Å². The van der Waals surface area contributed by atoms with E-state index >= 15 is 0 Å². The summed E-state index contributed by atoms with van der Waals surface area (Å²) in [6.07, 6.45) is -1.80. The van der Waals surface area contributed by atoms with Crippen LogP contribution in [-0.2, 0) is 9.63 Å². The van der Waals surface area contributed by atoms with Crippen molar-refractivity contribution in [1.29, 1.82) is 0 Å². The highest BCUT2D eigenvalue weighted by molar-refractivity contribution is 5.82. The molecule has 1 aromatic rings. The first-order chi connectivity index (χ1) is 8.41. The number of para-hydroxylation sites is 2. The Hall–Kier alpha value is -2.91. The number of primary amides is 1. The lowest BCUT2D eigenvalue weighted by Crippen LogP contribution is -2.39. The van der Waals surface area contributed by atoms with E-state index in [1.807, 2.05) is 0 Å². The van der Waals surface area contributed by atoms with Crippen LogP contribution in [0, 0.1) is 20.2 Å². The summed E-state index contributed by atoms with van der Waals surface area (Å²) >= 11 is 0. The minimum Gasteiger partial charge on any atom is -0.366 e. The van der Waals surface area contributed by atoms with Crippen LogP contribution in [0.15, 0.2) is 24.3 Å². The SMILES string of the molecule is NC(=O)C(Nc1ccccc1[N+](=O)[O-])O[N+](=O)[O-]. The number of nitrogens with zero attached hydrogens (tertiary/aromatic N) is 2. The fourth-order valence-corrected chi connectivity index (χ4v) is 1.13. The summed E-state index contributed by atoms with van der Waals surface area (Å²) in [5.74, 6) is -1.18. The molecule has 0 saturated heterocycles. The summed E-state index contributed by atoms with van der Waals surface area (Å²) in [5.41, 5.74) is 4.38. The van der Waals surface area contributed by atoms with Crippen LogP contribution in [0.3, 0.4) is 0 Å². The van der Waals surface area contributed by atoms with Gasteiger partial charge in [-0.15, -0.1) is 10.1 Å². The average molecular weight is 256 g/mol. The molecule has 10 heteroatoms. The molecule has 1 unspecified atom stereocenters. The fourth-order valence-electron chi connectivity index (χ4n) is 1.13. The number of carbonyl (C=O) groups is 1. The number of amides is 1. The number of nitro groups is 1. The number of anilines is 1. The lowest BCUT2D eigenvalue weighted by Gasteiger charge is -2.14. The van der Waals surface area contributed by atoms with Gasteiger partial charge in [-0.2, -0.15) is 0 Å². The molecule has 0 bridgehead atoms. The van der Waals surface area contributed by atoms with Gasteiger partial charge in [0, 0.05) is 6.07 Å². The van der Waals surface area contributed by atoms with E-state index in [-0.39, 0.29) is 11.4 Å². The van der Waals surface area contributed by atoms with Crippen LogP contribution in [0.4, 0.5) is 11.4 Å². The Morgan fingerprint density at radius 2 is 1.94 bits per heavy atom. The Bertz CT molecular complexity index is 490. The van der Waals surface area contributed by atoms with E-state index in [4.69, 9.17) is 5.73 Å². The van der Waals surface area contributed by atoms with E-state index in [1.54, 1.807) is 0 Å². The third-order valence-corrected chi connectivity index (χ3v) is 1.84. The molecule has 3 N–H and O–H groups in total. The standard InChI is InChI=1S/C8H8N4O6/c9-7(13)8(18-12(16)17)10-5-3-1-2-4-6(5)11(14)15/h1-4,8,10H,(H2,9,13). The van der Waals surface area contributed by atoms with Gasteiger partial charge in [0.1, 0.15) is 5.69 Å². The van der Waals surface area contributed by atoms with Crippen molar-refractivity contribution in [2.45, 2.75) is 6.23 Å². The second kappa shape index (κ2) is 5.43. The minimum absolute atomic E-state index is 0.117. The molecule has 1 aromatic carbocycles. The number of nitro benzene ring substituents is 1. The zero-order valence-corrected chi connectivity index (χ0v) is 8.81.